The van der Waals surface area contributed by atoms with E-state index in [0.29, 0.717) is 11.4 Å². The van der Waals surface area contributed by atoms with Crippen LogP contribution in [0.25, 0.3) is 0 Å². The Kier molecular flexibility index (Phi) is 3.98. The molecular weight excluding hydrogens is 194 g/mol. The number of nitriles is 1. The third kappa shape index (κ3) is 3.56. The first-order chi connectivity index (χ1) is 7.26. The van der Waals surface area contributed by atoms with E-state index in [0.717, 1.165) is 0 Å². The molecule has 2 amide bonds. The Morgan fingerprint density at radius 3 is 3.07 bits per heavy atom. The van der Waals surface area contributed by atoms with Gasteiger partial charge in [-0.15, -0.1) is 0 Å². The van der Waals surface area contributed by atoms with Gasteiger partial charge in [-0.05, 0) is 12.1 Å². The van der Waals surface area contributed by atoms with E-state index in [1.807, 2.05) is 6.07 Å². The van der Waals surface area contributed by atoms with Gasteiger partial charge in [0.2, 0.25) is 0 Å². The van der Waals surface area contributed by atoms with Crippen molar-refractivity contribution in [2.45, 2.75) is 0 Å². The van der Waals surface area contributed by atoms with Crippen molar-refractivity contribution in [1.82, 2.24) is 5.32 Å². The van der Waals surface area contributed by atoms with Crippen molar-refractivity contribution in [3.63, 3.8) is 0 Å². The fraction of sp³-hybridized carbons (Fsp3) is 0.200. The molecule has 1 rings (SSSR count). The summed E-state index contributed by atoms with van der Waals surface area (Å²) in [6.07, 6.45) is 0. The summed E-state index contributed by atoms with van der Waals surface area (Å²) in [5.74, 6) is 0.547. The molecule has 0 saturated carbocycles. The Morgan fingerprint density at radius 2 is 2.40 bits per heavy atom. The number of carbonyl (C=O) groups is 1. The predicted octanol–water partition coefficient (Wildman–Crippen LogP) is 1.34. The van der Waals surface area contributed by atoms with E-state index in [4.69, 9.17) is 10.00 Å². The summed E-state index contributed by atoms with van der Waals surface area (Å²) in [4.78, 5) is 11.0. The molecule has 0 unspecified atom stereocenters. The van der Waals surface area contributed by atoms with E-state index in [2.05, 4.69) is 10.6 Å². The molecule has 5 nitrogen and oxygen atoms in total. The van der Waals surface area contributed by atoms with Crippen molar-refractivity contribution < 1.29 is 9.53 Å². The maximum absolute atomic E-state index is 11.0. The summed E-state index contributed by atoms with van der Waals surface area (Å²) < 4.78 is 5.08. The zero-order valence-corrected chi connectivity index (χ0v) is 8.28. The molecular formula is C10H11N3O2. The lowest BCUT2D eigenvalue weighted by Gasteiger charge is -2.06. The van der Waals surface area contributed by atoms with Crippen molar-refractivity contribution in [3.8, 4) is 11.8 Å². The highest BCUT2D eigenvalue weighted by Crippen LogP contribution is 2.16. The number of rotatable bonds is 3. The maximum atomic E-state index is 11.0. The third-order valence-electron chi connectivity index (χ3n) is 1.62. The molecule has 0 aromatic heterocycles. The molecule has 0 bridgehead atoms. The lowest BCUT2D eigenvalue weighted by molar-refractivity contribution is 0.254. The van der Waals surface area contributed by atoms with Gasteiger partial charge >= 0.3 is 6.03 Å². The molecule has 0 atom stereocenters. The van der Waals surface area contributed by atoms with Crippen LogP contribution in [-0.2, 0) is 0 Å². The van der Waals surface area contributed by atoms with Crippen LogP contribution in [0.3, 0.4) is 0 Å². The molecule has 2 N–H and O–H groups in total. The number of urea groups is 1. The molecule has 0 aliphatic rings. The molecule has 1 aromatic carbocycles. The highest BCUT2D eigenvalue weighted by atomic mass is 16.5. The topological polar surface area (TPSA) is 74.2 Å². The van der Waals surface area contributed by atoms with Gasteiger partial charge in [-0.2, -0.15) is 5.26 Å². The number of amides is 2. The van der Waals surface area contributed by atoms with Gasteiger partial charge < -0.3 is 15.4 Å². The van der Waals surface area contributed by atoms with E-state index in [9.17, 15) is 4.79 Å². The van der Waals surface area contributed by atoms with E-state index in [1.54, 1.807) is 24.3 Å². The molecule has 78 valence electrons. The highest BCUT2D eigenvalue weighted by Gasteiger charge is 1.99. The largest absolute Gasteiger partial charge is 0.479 e. The van der Waals surface area contributed by atoms with Gasteiger partial charge in [-0.25, -0.2) is 4.79 Å². The summed E-state index contributed by atoms with van der Waals surface area (Å²) in [6, 6.07) is 8.39. The quantitative estimate of drug-likeness (QED) is 0.781. The molecule has 1 aromatic rings. The Hall–Kier alpha value is -2.22. The minimum atomic E-state index is -0.299. The number of carbonyl (C=O) groups excluding carboxylic acids is 1. The Morgan fingerprint density at radius 1 is 1.60 bits per heavy atom. The van der Waals surface area contributed by atoms with Crippen LogP contribution in [-0.4, -0.2) is 19.7 Å². The second-order valence-electron chi connectivity index (χ2n) is 2.68. The van der Waals surface area contributed by atoms with Crippen LogP contribution in [0, 0.1) is 11.3 Å². The monoisotopic (exact) mass is 205 g/mol. The second kappa shape index (κ2) is 5.50. The van der Waals surface area contributed by atoms with Crippen LogP contribution >= 0.6 is 0 Å². The van der Waals surface area contributed by atoms with E-state index >= 15 is 0 Å². The predicted molar refractivity (Wildman–Crippen MR) is 55.6 cm³/mol. The molecule has 0 spiro atoms. The van der Waals surface area contributed by atoms with Crippen molar-refractivity contribution in [2.75, 3.05) is 19.0 Å². The number of anilines is 1. The number of benzene rings is 1. The third-order valence-corrected chi connectivity index (χ3v) is 1.62. The summed E-state index contributed by atoms with van der Waals surface area (Å²) in [5, 5.41) is 13.4. The van der Waals surface area contributed by atoms with Gasteiger partial charge in [-0.3, -0.25) is 0 Å². The lowest BCUT2D eigenvalue weighted by atomic mass is 10.3. The summed E-state index contributed by atoms with van der Waals surface area (Å²) in [5.41, 5.74) is 0.616. The fourth-order valence-electron chi connectivity index (χ4n) is 0.973. The van der Waals surface area contributed by atoms with Crippen molar-refractivity contribution in [1.29, 1.82) is 5.26 Å². The summed E-state index contributed by atoms with van der Waals surface area (Å²) in [6.45, 7) is -0.0105. The Labute approximate surface area is 87.7 Å². The van der Waals surface area contributed by atoms with Crippen molar-refractivity contribution in [3.05, 3.63) is 24.3 Å². The molecule has 0 aliphatic heterocycles. The number of ether oxygens (including phenoxy) is 1. The van der Waals surface area contributed by atoms with Crippen molar-refractivity contribution in [2.24, 2.45) is 0 Å². The molecule has 0 radical (unpaired) electrons. The van der Waals surface area contributed by atoms with Crippen LogP contribution in [0.1, 0.15) is 0 Å². The summed E-state index contributed by atoms with van der Waals surface area (Å²) >= 11 is 0. The van der Waals surface area contributed by atoms with Gasteiger partial charge in [0.1, 0.15) is 11.8 Å². The van der Waals surface area contributed by atoms with Crippen LogP contribution in [0.2, 0.25) is 0 Å². The molecule has 0 heterocycles. The average Bonchev–Trinajstić information content (AvgIpc) is 2.26. The van der Waals surface area contributed by atoms with E-state index in [-0.39, 0.29) is 12.6 Å². The first-order valence-corrected chi connectivity index (χ1v) is 4.35. The van der Waals surface area contributed by atoms with E-state index < -0.39 is 0 Å². The molecule has 0 fully saturated rings. The number of nitrogens with zero attached hydrogens (tertiary/aromatic N) is 1. The normalized spacial score (nSPS) is 8.80. The Balaban J connectivity index is 2.66. The molecule has 0 aliphatic carbocycles. The zero-order chi connectivity index (χ0) is 11.1. The smallest absolute Gasteiger partial charge is 0.318 e. The van der Waals surface area contributed by atoms with E-state index in [1.165, 1.54) is 7.05 Å². The Bertz CT molecular complexity index is 384. The van der Waals surface area contributed by atoms with Gasteiger partial charge in [0.15, 0.2) is 6.61 Å². The van der Waals surface area contributed by atoms with Crippen LogP contribution in [0.15, 0.2) is 24.3 Å². The first kappa shape index (κ1) is 10.9. The lowest BCUT2D eigenvalue weighted by Crippen LogP contribution is -2.24. The first-order valence-electron chi connectivity index (χ1n) is 4.35. The average molecular weight is 205 g/mol. The highest BCUT2D eigenvalue weighted by molar-refractivity contribution is 5.89. The second-order valence-corrected chi connectivity index (χ2v) is 2.68. The van der Waals surface area contributed by atoms with Gasteiger partial charge in [-0.1, -0.05) is 6.07 Å². The zero-order valence-electron chi connectivity index (χ0n) is 8.28. The van der Waals surface area contributed by atoms with Gasteiger partial charge in [0.25, 0.3) is 0 Å². The number of hydrogen-bond acceptors (Lipinski definition) is 3. The number of hydrogen-bond donors (Lipinski definition) is 2. The standard InChI is InChI=1S/C10H11N3O2/c1-12-10(14)13-8-3-2-4-9(7-8)15-6-5-11/h2-4,7H,6H2,1H3,(H2,12,13,14). The van der Waals surface area contributed by atoms with Gasteiger partial charge in [0.05, 0.1) is 0 Å². The minimum absolute atomic E-state index is 0.0105. The van der Waals surface area contributed by atoms with Crippen LogP contribution in [0.5, 0.6) is 5.75 Å². The van der Waals surface area contributed by atoms with Crippen molar-refractivity contribution >= 4 is 11.7 Å². The molecule has 0 saturated heterocycles. The fourth-order valence-corrected chi connectivity index (χ4v) is 0.973. The molecule has 5 heteroatoms. The van der Waals surface area contributed by atoms with Crippen LogP contribution < -0.4 is 15.4 Å². The maximum Gasteiger partial charge on any atom is 0.318 e. The molecule has 15 heavy (non-hydrogen) atoms. The summed E-state index contributed by atoms with van der Waals surface area (Å²) in [7, 11) is 1.53. The number of nitrogens with one attached hydrogen (secondary N) is 2. The van der Waals surface area contributed by atoms with Gasteiger partial charge in [0, 0.05) is 18.8 Å². The minimum Gasteiger partial charge on any atom is -0.479 e. The van der Waals surface area contributed by atoms with Crippen LogP contribution in [0.4, 0.5) is 10.5 Å². The SMILES string of the molecule is CNC(=O)Nc1cccc(OCC#N)c1.